The second-order valence-corrected chi connectivity index (χ2v) is 7.68. The highest BCUT2D eigenvalue weighted by molar-refractivity contribution is 7.20. The Balaban J connectivity index is 2.21. The van der Waals surface area contributed by atoms with Crippen molar-refractivity contribution in [3.05, 3.63) is 39.3 Å². The molecule has 0 aliphatic rings. The van der Waals surface area contributed by atoms with Gasteiger partial charge in [-0.15, -0.1) is 17.9 Å². The quantitative estimate of drug-likeness (QED) is 0.306. The molecular formula is C20H29N3O5S. The molecule has 2 aromatic rings. The number of nitrogens with one attached hydrogen (secondary N) is 1. The summed E-state index contributed by atoms with van der Waals surface area (Å²) in [6, 6.07) is 0. The van der Waals surface area contributed by atoms with Gasteiger partial charge in [0, 0.05) is 6.54 Å². The molecule has 29 heavy (non-hydrogen) atoms. The van der Waals surface area contributed by atoms with E-state index in [1.807, 2.05) is 11.8 Å². The van der Waals surface area contributed by atoms with Gasteiger partial charge in [0.15, 0.2) is 0 Å². The minimum absolute atomic E-state index is 0.211. The lowest BCUT2D eigenvalue weighted by atomic mass is 10.2. The van der Waals surface area contributed by atoms with Gasteiger partial charge in [0.05, 0.1) is 37.9 Å². The summed E-state index contributed by atoms with van der Waals surface area (Å²) in [5, 5.41) is 10.6. The van der Waals surface area contributed by atoms with E-state index >= 15 is 0 Å². The number of hydrogen-bond donors (Lipinski definition) is 2. The van der Waals surface area contributed by atoms with Gasteiger partial charge in [-0.3, -0.25) is 9.69 Å². The summed E-state index contributed by atoms with van der Waals surface area (Å²) in [6.07, 6.45) is 1.86. The number of aromatic nitrogens is 2. The van der Waals surface area contributed by atoms with E-state index in [-0.39, 0.29) is 18.8 Å². The van der Waals surface area contributed by atoms with Crippen molar-refractivity contribution < 1.29 is 19.4 Å². The highest BCUT2D eigenvalue weighted by atomic mass is 32.1. The molecule has 2 aromatic heterocycles. The Hall–Kier alpha value is -2.07. The van der Waals surface area contributed by atoms with Gasteiger partial charge in [-0.1, -0.05) is 13.0 Å². The van der Waals surface area contributed by atoms with E-state index in [4.69, 9.17) is 9.47 Å². The van der Waals surface area contributed by atoms with Crippen LogP contribution in [0.1, 0.15) is 41.3 Å². The summed E-state index contributed by atoms with van der Waals surface area (Å²) in [6.45, 7) is 11.5. The minimum Gasteiger partial charge on any atom is -0.462 e. The van der Waals surface area contributed by atoms with Crippen LogP contribution < -0.4 is 5.56 Å². The maximum absolute atomic E-state index is 12.6. The second kappa shape index (κ2) is 11.2. The predicted molar refractivity (Wildman–Crippen MR) is 114 cm³/mol. The van der Waals surface area contributed by atoms with Gasteiger partial charge >= 0.3 is 5.97 Å². The van der Waals surface area contributed by atoms with E-state index in [0.29, 0.717) is 46.2 Å². The van der Waals surface area contributed by atoms with Crippen LogP contribution in [-0.4, -0.2) is 65.0 Å². The molecule has 0 bridgehead atoms. The number of hydrogen-bond acceptors (Lipinski definition) is 8. The van der Waals surface area contributed by atoms with E-state index in [1.165, 1.54) is 11.3 Å². The van der Waals surface area contributed by atoms with Gasteiger partial charge in [-0.25, -0.2) is 9.78 Å². The summed E-state index contributed by atoms with van der Waals surface area (Å²) < 4.78 is 10.4. The first-order valence-corrected chi connectivity index (χ1v) is 10.5. The molecule has 0 fully saturated rings. The molecule has 9 heteroatoms. The van der Waals surface area contributed by atoms with Gasteiger partial charge < -0.3 is 19.6 Å². The molecule has 160 valence electrons. The Morgan fingerprint density at radius 3 is 2.86 bits per heavy atom. The molecule has 8 nitrogen and oxygen atoms in total. The highest BCUT2D eigenvalue weighted by Gasteiger charge is 2.21. The van der Waals surface area contributed by atoms with Crippen molar-refractivity contribution in [2.75, 3.05) is 32.9 Å². The van der Waals surface area contributed by atoms with E-state index in [1.54, 1.807) is 19.9 Å². The number of aryl methyl sites for hydroxylation is 1. The maximum Gasteiger partial charge on any atom is 0.348 e. The van der Waals surface area contributed by atoms with Crippen LogP contribution >= 0.6 is 11.3 Å². The summed E-state index contributed by atoms with van der Waals surface area (Å²) >= 11 is 1.17. The molecule has 0 aliphatic carbocycles. The Labute approximate surface area is 174 Å². The van der Waals surface area contributed by atoms with Crippen molar-refractivity contribution in [2.45, 2.75) is 39.8 Å². The van der Waals surface area contributed by atoms with Crippen LogP contribution in [0.4, 0.5) is 0 Å². The summed E-state index contributed by atoms with van der Waals surface area (Å²) in [4.78, 5) is 35.0. The minimum atomic E-state index is -0.656. The van der Waals surface area contributed by atoms with Crippen LogP contribution in [0.2, 0.25) is 0 Å². The topological polar surface area (TPSA) is 105 Å². The van der Waals surface area contributed by atoms with Crippen molar-refractivity contribution in [3.63, 3.8) is 0 Å². The van der Waals surface area contributed by atoms with Crippen LogP contribution in [0.25, 0.3) is 10.2 Å². The largest absolute Gasteiger partial charge is 0.462 e. The predicted octanol–water partition coefficient (Wildman–Crippen LogP) is 2.25. The zero-order valence-corrected chi connectivity index (χ0v) is 18.0. The third-order valence-electron chi connectivity index (χ3n) is 4.24. The Morgan fingerprint density at radius 2 is 2.21 bits per heavy atom. The molecule has 0 saturated carbocycles. The summed E-state index contributed by atoms with van der Waals surface area (Å²) in [5.74, 6) is 0.0519. The SMILES string of the molecule is C=CCOC[C@H](O)CN(CCC)Cc1nc2sc(C(=O)OCC)c(C)c2c(=O)[nH]1. The Bertz CT molecular complexity index is 892. The fourth-order valence-corrected chi connectivity index (χ4v) is 4.15. The Kier molecular flexibility index (Phi) is 8.97. The fraction of sp³-hybridized carbons (Fsp3) is 0.550. The molecular weight excluding hydrogens is 394 g/mol. The van der Waals surface area contributed by atoms with Crippen molar-refractivity contribution in [2.24, 2.45) is 0 Å². The lowest BCUT2D eigenvalue weighted by Crippen LogP contribution is -2.36. The van der Waals surface area contributed by atoms with Gasteiger partial charge in [0.1, 0.15) is 15.5 Å². The molecule has 0 amide bonds. The zero-order chi connectivity index (χ0) is 21.4. The third kappa shape index (κ3) is 6.20. The van der Waals surface area contributed by atoms with Gasteiger partial charge in [0.2, 0.25) is 0 Å². The van der Waals surface area contributed by atoms with E-state index in [9.17, 15) is 14.7 Å². The molecule has 0 aliphatic heterocycles. The number of fused-ring (bicyclic) bond motifs is 1. The monoisotopic (exact) mass is 423 g/mol. The molecule has 2 N–H and O–H groups in total. The van der Waals surface area contributed by atoms with Crippen LogP contribution in [0.15, 0.2) is 17.4 Å². The smallest absolute Gasteiger partial charge is 0.348 e. The van der Waals surface area contributed by atoms with Crippen molar-refractivity contribution >= 4 is 27.5 Å². The number of aliphatic hydroxyl groups excluding tert-OH is 1. The number of esters is 1. The number of aromatic amines is 1. The first-order chi connectivity index (χ1) is 13.9. The van der Waals surface area contributed by atoms with Crippen molar-refractivity contribution in [1.29, 1.82) is 0 Å². The van der Waals surface area contributed by atoms with Crippen LogP contribution in [0.3, 0.4) is 0 Å². The molecule has 0 aromatic carbocycles. The van der Waals surface area contributed by atoms with E-state index in [2.05, 4.69) is 16.5 Å². The lowest BCUT2D eigenvalue weighted by molar-refractivity contribution is 0.0241. The normalized spacial score (nSPS) is 12.4. The second-order valence-electron chi connectivity index (χ2n) is 6.68. The van der Waals surface area contributed by atoms with Crippen LogP contribution in [-0.2, 0) is 16.0 Å². The van der Waals surface area contributed by atoms with E-state index < -0.39 is 12.1 Å². The highest BCUT2D eigenvalue weighted by Crippen LogP contribution is 2.27. The molecule has 2 rings (SSSR count). The first kappa shape index (κ1) is 23.2. The average molecular weight is 424 g/mol. The maximum atomic E-state index is 12.6. The molecule has 0 radical (unpaired) electrons. The third-order valence-corrected chi connectivity index (χ3v) is 5.40. The Morgan fingerprint density at radius 1 is 1.45 bits per heavy atom. The number of carbonyl (C=O) groups excluding carboxylic acids is 1. The fourth-order valence-electron chi connectivity index (χ4n) is 3.06. The lowest BCUT2D eigenvalue weighted by Gasteiger charge is -2.24. The number of thiophene rings is 1. The number of carbonyl (C=O) groups is 1. The average Bonchev–Trinajstić information content (AvgIpc) is 2.99. The number of aliphatic hydroxyl groups is 1. The molecule has 2 heterocycles. The standard InChI is InChI=1S/C20H29N3O5S/c1-5-8-23(10-14(24)12-27-9-6-2)11-15-21-18(25)16-13(4)17(20(26)28-7-3)29-19(16)22-15/h6,14,24H,2,5,7-12H2,1,3-4H3,(H,21,22,25)/t14-/m1/s1. The van der Waals surface area contributed by atoms with E-state index in [0.717, 1.165) is 13.0 Å². The zero-order valence-electron chi connectivity index (χ0n) is 17.2. The molecule has 1 atom stereocenters. The number of nitrogens with zero attached hydrogens (tertiary/aromatic N) is 2. The first-order valence-electron chi connectivity index (χ1n) is 9.69. The van der Waals surface area contributed by atoms with Crippen LogP contribution in [0, 0.1) is 6.92 Å². The van der Waals surface area contributed by atoms with Gasteiger partial charge in [-0.05, 0) is 32.4 Å². The molecule has 0 spiro atoms. The van der Waals surface area contributed by atoms with Gasteiger partial charge in [0.25, 0.3) is 5.56 Å². The van der Waals surface area contributed by atoms with Crippen LogP contribution in [0.5, 0.6) is 0 Å². The number of H-pyrrole nitrogens is 1. The molecule has 0 unspecified atom stereocenters. The summed E-state index contributed by atoms with van der Waals surface area (Å²) in [7, 11) is 0. The van der Waals surface area contributed by atoms with Crippen molar-refractivity contribution in [1.82, 2.24) is 14.9 Å². The summed E-state index contributed by atoms with van der Waals surface area (Å²) in [5.41, 5.74) is 0.310. The number of ether oxygens (including phenoxy) is 2. The molecule has 0 saturated heterocycles. The van der Waals surface area contributed by atoms with Gasteiger partial charge in [-0.2, -0.15) is 0 Å². The number of rotatable bonds is 12. The van der Waals surface area contributed by atoms with Crippen molar-refractivity contribution in [3.8, 4) is 0 Å².